The van der Waals surface area contributed by atoms with Gasteiger partial charge in [-0.15, -0.1) is 0 Å². The molecule has 2 aliphatic rings. The summed E-state index contributed by atoms with van der Waals surface area (Å²) in [6.07, 6.45) is 9.56. The van der Waals surface area contributed by atoms with Crippen molar-refractivity contribution in [1.29, 1.82) is 0 Å². The zero-order chi connectivity index (χ0) is 14.7. The van der Waals surface area contributed by atoms with Crippen LogP contribution in [-0.4, -0.2) is 12.5 Å². The third-order valence-electron chi connectivity index (χ3n) is 4.76. The van der Waals surface area contributed by atoms with Crippen LogP contribution in [0.25, 0.3) is 0 Å². The average molecular weight is 287 g/mol. The Bertz CT molecular complexity index is 521. The molecule has 0 spiro atoms. The molecule has 1 aliphatic carbocycles. The molecule has 0 bridgehead atoms. The fraction of sp³-hybridized carbons (Fsp3) is 0.588. The number of nitrogens with one attached hydrogen (secondary N) is 2. The summed E-state index contributed by atoms with van der Waals surface area (Å²) < 4.78 is 0. The van der Waals surface area contributed by atoms with Crippen LogP contribution in [0.2, 0.25) is 0 Å². The van der Waals surface area contributed by atoms with Gasteiger partial charge >= 0.3 is 0 Å². The number of nitrogen functional groups attached to an aromatic ring is 1. The van der Waals surface area contributed by atoms with Crippen LogP contribution in [0.3, 0.4) is 0 Å². The number of hydrogen-bond donors (Lipinski definition) is 3. The zero-order valence-electron chi connectivity index (χ0n) is 12.6. The number of amides is 1. The minimum Gasteiger partial charge on any atom is -0.397 e. The number of carbonyl (C=O) groups excluding carboxylic acids is 1. The Morgan fingerprint density at radius 2 is 2.00 bits per heavy atom. The van der Waals surface area contributed by atoms with Crippen LogP contribution in [0.5, 0.6) is 0 Å². The van der Waals surface area contributed by atoms with Crippen LogP contribution in [-0.2, 0) is 11.2 Å². The molecule has 1 amide bonds. The van der Waals surface area contributed by atoms with E-state index in [1.54, 1.807) is 0 Å². The normalized spacial score (nSPS) is 19.0. The summed E-state index contributed by atoms with van der Waals surface area (Å²) in [5.74, 6) is 0.962. The summed E-state index contributed by atoms with van der Waals surface area (Å²) in [4.78, 5) is 11.4. The van der Waals surface area contributed by atoms with Gasteiger partial charge in [0.15, 0.2) is 0 Å². The van der Waals surface area contributed by atoms with E-state index in [9.17, 15) is 4.79 Å². The van der Waals surface area contributed by atoms with E-state index < -0.39 is 0 Å². The lowest BCUT2D eigenvalue weighted by Gasteiger charge is -2.23. The van der Waals surface area contributed by atoms with Crippen molar-refractivity contribution in [2.24, 2.45) is 5.92 Å². The zero-order valence-corrected chi connectivity index (χ0v) is 12.6. The van der Waals surface area contributed by atoms with Gasteiger partial charge in [0.2, 0.25) is 5.91 Å². The van der Waals surface area contributed by atoms with E-state index in [1.165, 1.54) is 44.1 Å². The summed E-state index contributed by atoms with van der Waals surface area (Å²) in [6, 6.07) is 3.99. The molecule has 1 aromatic carbocycles. The number of nitrogens with two attached hydrogens (primary N) is 1. The predicted octanol–water partition coefficient (Wildman–Crippen LogP) is 3.54. The second-order valence-electron chi connectivity index (χ2n) is 6.36. The maximum atomic E-state index is 11.4. The molecule has 4 N–H and O–H groups in total. The van der Waals surface area contributed by atoms with Crippen molar-refractivity contribution >= 4 is 23.0 Å². The number of fused-ring (bicyclic) bond motifs is 1. The summed E-state index contributed by atoms with van der Waals surface area (Å²) in [5, 5.41) is 6.37. The Labute approximate surface area is 126 Å². The van der Waals surface area contributed by atoms with Crippen LogP contribution >= 0.6 is 0 Å². The minimum absolute atomic E-state index is 0.0832. The van der Waals surface area contributed by atoms with Gasteiger partial charge in [-0.1, -0.05) is 32.1 Å². The lowest BCUT2D eigenvalue weighted by Crippen LogP contribution is -2.20. The van der Waals surface area contributed by atoms with Gasteiger partial charge in [0, 0.05) is 18.7 Å². The number of benzene rings is 1. The molecule has 1 fully saturated rings. The molecule has 0 aromatic heterocycles. The second kappa shape index (κ2) is 6.37. The standard InChI is InChI=1S/C17H25N3O/c18-14-11-15-13(6-7-17(21)20-15)10-16(14)19-9-8-12-4-2-1-3-5-12/h10-12,19H,1-9,18H2,(H,20,21). The van der Waals surface area contributed by atoms with Crippen LogP contribution < -0.4 is 16.4 Å². The Hall–Kier alpha value is -1.71. The van der Waals surface area contributed by atoms with Gasteiger partial charge in [-0.25, -0.2) is 0 Å². The van der Waals surface area contributed by atoms with E-state index >= 15 is 0 Å². The first kappa shape index (κ1) is 14.2. The second-order valence-corrected chi connectivity index (χ2v) is 6.36. The van der Waals surface area contributed by atoms with E-state index in [0.29, 0.717) is 6.42 Å². The maximum Gasteiger partial charge on any atom is 0.224 e. The molecule has 1 aromatic rings. The highest BCUT2D eigenvalue weighted by Crippen LogP contribution is 2.31. The van der Waals surface area contributed by atoms with Gasteiger partial charge in [0.05, 0.1) is 11.4 Å². The molecular formula is C17H25N3O. The fourth-order valence-electron chi connectivity index (χ4n) is 3.49. The molecule has 0 radical (unpaired) electrons. The third kappa shape index (κ3) is 3.49. The summed E-state index contributed by atoms with van der Waals surface area (Å²) in [7, 11) is 0. The number of carbonyl (C=O) groups is 1. The third-order valence-corrected chi connectivity index (χ3v) is 4.76. The summed E-state index contributed by atoms with van der Waals surface area (Å²) in [5.41, 5.74) is 9.89. The van der Waals surface area contributed by atoms with Crippen molar-refractivity contribution in [2.75, 3.05) is 22.9 Å². The van der Waals surface area contributed by atoms with Crippen molar-refractivity contribution in [3.05, 3.63) is 17.7 Å². The SMILES string of the molecule is Nc1cc2c(cc1NCCC1CCCCC1)CCC(=O)N2. The van der Waals surface area contributed by atoms with Gasteiger partial charge in [-0.3, -0.25) is 4.79 Å². The monoisotopic (exact) mass is 287 g/mol. The molecule has 0 unspecified atom stereocenters. The smallest absolute Gasteiger partial charge is 0.224 e. The van der Waals surface area contributed by atoms with Crippen molar-refractivity contribution < 1.29 is 4.79 Å². The molecule has 4 heteroatoms. The topological polar surface area (TPSA) is 67.1 Å². The summed E-state index contributed by atoms with van der Waals surface area (Å²) >= 11 is 0. The van der Waals surface area contributed by atoms with Crippen molar-refractivity contribution in [3.8, 4) is 0 Å². The van der Waals surface area contributed by atoms with Crippen LogP contribution in [0, 0.1) is 5.92 Å². The van der Waals surface area contributed by atoms with Crippen molar-refractivity contribution in [2.45, 2.75) is 51.4 Å². The highest BCUT2D eigenvalue weighted by molar-refractivity contribution is 5.95. The summed E-state index contributed by atoms with van der Waals surface area (Å²) in [6.45, 7) is 0.986. The van der Waals surface area contributed by atoms with E-state index in [0.717, 1.165) is 35.9 Å². The predicted molar refractivity (Wildman–Crippen MR) is 87.5 cm³/mol. The van der Waals surface area contributed by atoms with E-state index in [-0.39, 0.29) is 5.91 Å². The number of hydrogen-bond acceptors (Lipinski definition) is 3. The van der Waals surface area contributed by atoms with Gasteiger partial charge in [0.25, 0.3) is 0 Å². The van der Waals surface area contributed by atoms with Gasteiger partial charge in [-0.2, -0.15) is 0 Å². The van der Waals surface area contributed by atoms with E-state index in [4.69, 9.17) is 5.73 Å². The number of anilines is 3. The highest BCUT2D eigenvalue weighted by atomic mass is 16.1. The number of rotatable bonds is 4. The molecular weight excluding hydrogens is 262 g/mol. The first-order valence-corrected chi connectivity index (χ1v) is 8.18. The first-order chi connectivity index (χ1) is 10.2. The lowest BCUT2D eigenvalue weighted by atomic mass is 9.87. The minimum atomic E-state index is 0.0832. The van der Waals surface area contributed by atoms with Gasteiger partial charge < -0.3 is 16.4 Å². The molecule has 0 atom stereocenters. The molecule has 21 heavy (non-hydrogen) atoms. The first-order valence-electron chi connectivity index (χ1n) is 8.18. The van der Waals surface area contributed by atoms with Crippen molar-refractivity contribution in [1.82, 2.24) is 0 Å². The largest absolute Gasteiger partial charge is 0.397 e. The Morgan fingerprint density at radius 1 is 1.19 bits per heavy atom. The van der Waals surface area contributed by atoms with Crippen LogP contribution in [0.4, 0.5) is 17.1 Å². The molecule has 3 rings (SSSR count). The quantitative estimate of drug-likeness (QED) is 0.742. The van der Waals surface area contributed by atoms with Gasteiger partial charge in [-0.05, 0) is 36.5 Å². The van der Waals surface area contributed by atoms with Crippen molar-refractivity contribution in [3.63, 3.8) is 0 Å². The Kier molecular flexibility index (Phi) is 4.32. The molecule has 1 saturated carbocycles. The van der Waals surface area contributed by atoms with E-state index in [1.807, 2.05) is 6.07 Å². The fourth-order valence-corrected chi connectivity index (χ4v) is 3.49. The molecule has 0 saturated heterocycles. The molecule has 4 nitrogen and oxygen atoms in total. The van der Waals surface area contributed by atoms with Crippen LogP contribution in [0.15, 0.2) is 12.1 Å². The average Bonchev–Trinajstić information content (AvgIpc) is 2.49. The Morgan fingerprint density at radius 3 is 2.81 bits per heavy atom. The number of aryl methyl sites for hydroxylation is 1. The molecule has 1 heterocycles. The molecule has 114 valence electrons. The molecule has 1 aliphatic heterocycles. The van der Waals surface area contributed by atoms with Gasteiger partial charge in [0.1, 0.15) is 0 Å². The lowest BCUT2D eigenvalue weighted by molar-refractivity contribution is -0.116. The van der Waals surface area contributed by atoms with Crippen LogP contribution in [0.1, 0.15) is 50.5 Å². The Balaban J connectivity index is 1.59. The highest BCUT2D eigenvalue weighted by Gasteiger charge is 2.17. The van der Waals surface area contributed by atoms with E-state index in [2.05, 4.69) is 16.7 Å². The maximum absolute atomic E-state index is 11.4.